The SMILES string of the molecule is C[C@@H]1NC(=O)[C@@H](c2ccccc2)OC1=O. The van der Waals surface area contributed by atoms with Crippen molar-refractivity contribution in [3.63, 3.8) is 0 Å². The summed E-state index contributed by atoms with van der Waals surface area (Å²) in [7, 11) is 0. The monoisotopic (exact) mass is 205 g/mol. The lowest BCUT2D eigenvalue weighted by molar-refractivity contribution is -0.165. The predicted molar refractivity (Wildman–Crippen MR) is 52.9 cm³/mol. The van der Waals surface area contributed by atoms with Crippen LogP contribution in [0, 0.1) is 0 Å². The van der Waals surface area contributed by atoms with E-state index in [-0.39, 0.29) is 5.91 Å². The molecule has 1 heterocycles. The van der Waals surface area contributed by atoms with Gasteiger partial charge in [0, 0.05) is 5.56 Å². The third-order valence-corrected chi connectivity index (χ3v) is 2.29. The van der Waals surface area contributed by atoms with Gasteiger partial charge in [0.1, 0.15) is 6.04 Å². The molecule has 1 aliphatic heterocycles. The average molecular weight is 205 g/mol. The zero-order chi connectivity index (χ0) is 10.8. The lowest BCUT2D eigenvalue weighted by Gasteiger charge is -2.26. The van der Waals surface area contributed by atoms with E-state index in [1.165, 1.54) is 0 Å². The second kappa shape index (κ2) is 3.73. The summed E-state index contributed by atoms with van der Waals surface area (Å²) >= 11 is 0. The van der Waals surface area contributed by atoms with Crippen LogP contribution in [0.15, 0.2) is 30.3 Å². The number of morpholine rings is 1. The summed E-state index contributed by atoms with van der Waals surface area (Å²) in [4.78, 5) is 22.8. The summed E-state index contributed by atoms with van der Waals surface area (Å²) in [6.45, 7) is 1.60. The molecule has 0 saturated carbocycles. The number of benzene rings is 1. The maximum absolute atomic E-state index is 11.6. The summed E-state index contributed by atoms with van der Waals surface area (Å²) in [6.07, 6.45) is -0.810. The van der Waals surface area contributed by atoms with E-state index in [2.05, 4.69) is 5.32 Å². The topological polar surface area (TPSA) is 55.4 Å². The zero-order valence-electron chi connectivity index (χ0n) is 8.27. The molecule has 1 aliphatic rings. The van der Waals surface area contributed by atoms with Crippen molar-refractivity contribution in [1.29, 1.82) is 0 Å². The van der Waals surface area contributed by atoms with Gasteiger partial charge in [-0.2, -0.15) is 0 Å². The molecule has 0 spiro atoms. The van der Waals surface area contributed by atoms with E-state index in [0.717, 1.165) is 0 Å². The largest absolute Gasteiger partial charge is 0.446 e. The van der Waals surface area contributed by atoms with Crippen LogP contribution in [0.3, 0.4) is 0 Å². The fourth-order valence-corrected chi connectivity index (χ4v) is 1.47. The van der Waals surface area contributed by atoms with Gasteiger partial charge in [-0.1, -0.05) is 30.3 Å². The van der Waals surface area contributed by atoms with E-state index in [0.29, 0.717) is 5.56 Å². The Morgan fingerprint density at radius 1 is 1.20 bits per heavy atom. The molecular formula is C11H11NO3. The lowest BCUT2D eigenvalue weighted by Crippen LogP contribution is -2.48. The first-order valence-electron chi connectivity index (χ1n) is 4.74. The van der Waals surface area contributed by atoms with Gasteiger partial charge in [-0.25, -0.2) is 4.79 Å². The molecule has 4 nitrogen and oxygen atoms in total. The van der Waals surface area contributed by atoms with Crippen molar-refractivity contribution in [3.05, 3.63) is 35.9 Å². The minimum atomic E-state index is -0.810. The van der Waals surface area contributed by atoms with Gasteiger partial charge in [-0.15, -0.1) is 0 Å². The fraction of sp³-hybridized carbons (Fsp3) is 0.273. The van der Waals surface area contributed by atoms with Gasteiger partial charge in [0.25, 0.3) is 5.91 Å². The Morgan fingerprint density at radius 3 is 2.53 bits per heavy atom. The quantitative estimate of drug-likeness (QED) is 0.689. The molecule has 1 saturated heterocycles. The van der Waals surface area contributed by atoms with E-state index in [1.54, 1.807) is 31.2 Å². The standard InChI is InChI=1S/C11H11NO3/c1-7-11(14)15-9(10(13)12-7)8-5-3-2-4-6-8/h2-7,9H,1H3,(H,12,13)/t7-,9+/m0/s1. The van der Waals surface area contributed by atoms with Gasteiger partial charge in [-0.05, 0) is 6.92 Å². The number of amides is 1. The van der Waals surface area contributed by atoms with Crippen LogP contribution in [-0.4, -0.2) is 17.9 Å². The molecule has 2 rings (SSSR count). The zero-order valence-corrected chi connectivity index (χ0v) is 8.27. The first-order chi connectivity index (χ1) is 7.18. The second-order valence-electron chi connectivity index (χ2n) is 3.46. The highest BCUT2D eigenvalue weighted by molar-refractivity contribution is 5.92. The molecule has 0 aromatic heterocycles. The number of hydrogen-bond donors (Lipinski definition) is 1. The molecular weight excluding hydrogens is 194 g/mol. The molecule has 0 bridgehead atoms. The van der Waals surface area contributed by atoms with Gasteiger partial charge in [0.2, 0.25) is 6.10 Å². The Hall–Kier alpha value is -1.84. The van der Waals surface area contributed by atoms with Crippen LogP contribution in [0.25, 0.3) is 0 Å². The number of ether oxygens (including phenoxy) is 1. The van der Waals surface area contributed by atoms with Crippen LogP contribution in [0.2, 0.25) is 0 Å². The minimum absolute atomic E-state index is 0.270. The van der Waals surface area contributed by atoms with E-state index < -0.39 is 18.1 Å². The Kier molecular flexibility index (Phi) is 2.41. The maximum atomic E-state index is 11.6. The van der Waals surface area contributed by atoms with Crippen molar-refractivity contribution >= 4 is 11.9 Å². The maximum Gasteiger partial charge on any atom is 0.329 e. The van der Waals surface area contributed by atoms with Crippen molar-refractivity contribution in [1.82, 2.24) is 5.32 Å². The highest BCUT2D eigenvalue weighted by Crippen LogP contribution is 2.21. The van der Waals surface area contributed by atoms with Crippen LogP contribution in [0.1, 0.15) is 18.6 Å². The first-order valence-corrected chi connectivity index (χ1v) is 4.74. The van der Waals surface area contributed by atoms with Crippen LogP contribution in [0.4, 0.5) is 0 Å². The molecule has 2 atom stereocenters. The first kappa shape index (κ1) is 9.71. The number of nitrogens with one attached hydrogen (secondary N) is 1. The Labute approximate surface area is 87.2 Å². The van der Waals surface area contributed by atoms with Crippen LogP contribution >= 0.6 is 0 Å². The van der Waals surface area contributed by atoms with Crippen molar-refractivity contribution in [2.24, 2.45) is 0 Å². The molecule has 1 fully saturated rings. The molecule has 0 radical (unpaired) electrons. The summed E-state index contributed by atoms with van der Waals surface area (Å²) in [5.74, 6) is -0.670. The van der Waals surface area contributed by atoms with E-state index in [1.807, 2.05) is 6.07 Å². The van der Waals surface area contributed by atoms with Crippen molar-refractivity contribution < 1.29 is 14.3 Å². The Bertz CT molecular complexity index is 388. The number of carbonyl (C=O) groups is 2. The highest BCUT2D eigenvalue weighted by atomic mass is 16.6. The van der Waals surface area contributed by atoms with Gasteiger partial charge in [0.05, 0.1) is 0 Å². The second-order valence-corrected chi connectivity index (χ2v) is 3.46. The molecule has 1 N–H and O–H groups in total. The summed E-state index contributed by atoms with van der Waals surface area (Å²) in [6, 6.07) is 8.40. The van der Waals surface area contributed by atoms with E-state index >= 15 is 0 Å². The number of rotatable bonds is 1. The fourth-order valence-electron chi connectivity index (χ4n) is 1.47. The molecule has 1 amide bonds. The summed E-state index contributed by atoms with van der Waals surface area (Å²) in [5.41, 5.74) is 0.690. The normalized spacial score (nSPS) is 25.7. The molecule has 4 heteroatoms. The Balaban J connectivity index is 2.24. The molecule has 0 aliphatic carbocycles. The number of hydrogen-bond acceptors (Lipinski definition) is 3. The van der Waals surface area contributed by atoms with Gasteiger partial charge < -0.3 is 10.1 Å². The molecule has 15 heavy (non-hydrogen) atoms. The average Bonchev–Trinajstić information content (AvgIpc) is 2.25. The smallest absolute Gasteiger partial charge is 0.329 e. The summed E-state index contributed by atoms with van der Waals surface area (Å²) < 4.78 is 5.05. The van der Waals surface area contributed by atoms with Crippen molar-refractivity contribution in [3.8, 4) is 0 Å². The van der Waals surface area contributed by atoms with Crippen LogP contribution in [0.5, 0.6) is 0 Å². The molecule has 1 aromatic carbocycles. The number of carbonyl (C=O) groups excluding carboxylic acids is 2. The van der Waals surface area contributed by atoms with Crippen LogP contribution < -0.4 is 5.32 Å². The molecule has 78 valence electrons. The van der Waals surface area contributed by atoms with Gasteiger partial charge in [-0.3, -0.25) is 4.79 Å². The van der Waals surface area contributed by atoms with Crippen molar-refractivity contribution in [2.45, 2.75) is 19.1 Å². The minimum Gasteiger partial charge on any atom is -0.446 e. The lowest BCUT2D eigenvalue weighted by atomic mass is 10.1. The third-order valence-electron chi connectivity index (χ3n) is 2.29. The predicted octanol–water partition coefficient (Wildman–Crippen LogP) is 0.789. The molecule has 1 aromatic rings. The van der Waals surface area contributed by atoms with Gasteiger partial charge in [0.15, 0.2) is 0 Å². The van der Waals surface area contributed by atoms with Crippen LogP contribution in [-0.2, 0) is 14.3 Å². The van der Waals surface area contributed by atoms with E-state index in [4.69, 9.17) is 4.74 Å². The van der Waals surface area contributed by atoms with Gasteiger partial charge >= 0.3 is 5.97 Å². The number of esters is 1. The third kappa shape index (κ3) is 1.83. The number of cyclic esters (lactones) is 1. The highest BCUT2D eigenvalue weighted by Gasteiger charge is 2.34. The summed E-state index contributed by atoms with van der Waals surface area (Å²) in [5, 5.41) is 2.56. The van der Waals surface area contributed by atoms with E-state index in [9.17, 15) is 9.59 Å². The molecule has 0 unspecified atom stereocenters. The Morgan fingerprint density at radius 2 is 1.87 bits per heavy atom. The van der Waals surface area contributed by atoms with Crippen molar-refractivity contribution in [2.75, 3.05) is 0 Å².